The first-order chi connectivity index (χ1) is 10.5. The second-order valence-corrected chi connectivity index (χ2v) is 4.62. The minimum Gasteiger partial charge on any atom is -0.496 e. The van der Waals surface area contributed by atoms with E-state index in [2.05, 4.69) is 0 Å². The lowest BCUT2D eigenvalue weighted by Gasteiger charge is -2.09. The molecule has 0 saturated heterocycles. The van der Waals surface area contributed by atoms with Gasteiger partial charge in [0.15, 0.2) is 0 Å². The van der Waals surface area contributed by atoms with Crippen molar-refractivity contribution in [3.05, 3.63) is 69.3 Å². The largest absolute Gasteiger partial charge is 0.496 e. The topological polar surface area (TPSA) is 78.7 Å². The molecule has 22 heavy (non-hydrogen) atoms. The summed E-state index contributed by atoms with van der Waals surface area (Å²) in [6.07, 6.45) is 0. The van der Waals surface area contributed by atoms with Crippen LogP contribution in [0, 0.1) is 17.0 Å². The summed E-state index contributed by atoms with van der Waals surface area (Å²) in [5, 5.41) is 11.1. The maximum absolute atomic E-state index is 12.1. The predicted octanol–water partition coefficient (Wildman–Crippen LogP) is 3.27. The summed E-state index contributed by atoms with van der Waals surface area (Å²) in [5.41, 5.74) is 0.817. The van der Waals surface area contributed by atoms with Crippen molar-refractivity contribution in [3.8, 4) is 5.75 Å². The molecule has 0 spiro atoms. The lowest BCUT2D eigenvalue weighted by atomic mass is 10.1. The van der Waals surface area contributed by atoms with Gasteiger partial charge in [0.05, 0.1) is 12.0 Å². The van der Waals surface area contributed by atoms with Gasteiger partial charge < -0.3 is 9.47 Å². The monoisotopic (exact) mass is 301 g/mol. The number of hydrogen-bond donors (Lipinski definition) is 0. The maximum Gasteiger partial charge on any atom is 0.345 e. The molecule has 6 nitrogen and oxygen atoms in total. The molecule has 0 atom stereocenters. The number of methoxy groups -OCH3 is 1. The van der Waals surface area contributed by atoms with Gasteiger partial charge in [-0.3, -0.25) is 10.1 Å². The van der Waals surface area contributed by atoms with Crippen LogP contribution in [0.3, 0.4) is 0 Å². The van der Waals surface area contributed by atoms with Gasteiger partial charge in [-0.1, -0.05) is 30.3 Å². The SMILES string of the molecule is COc1ccccc1COC(=O)c1cccc(C)c1[N+](=O)[O-]. The highest BCUT2D eigenvalue weighted by Crippen LogP contribution is 2.25. The molecule has 0 heterocycles. The number of ether oxygens (including phenoxy) is 2. The van der Waals surface area contributed by atoms with Crippen molar-refractivity contribution in [2.24, 2.45) is 0 Å². The van der Waals surface area contributed by atoms with Crippen molar-refractivity contribution in [2.45, 2.75) is 13.5 Å². The minimum atomic E-state index is -0.735. The zero-order valence-corrected chi connectivity index (χ0v) is 12.2. The average molecular weight is 301 g/mol. The zero-order chi connectivity index (χ0) is 16.1. The molecule has 6 heteroatoms. The molecule has 0 radical (unpaired) electrons. The number of para-hydroxylation sites is 2. The Morgan fingerprint density at radius 1 is 1.18 bits per heavy atom. The van der Waals surface area contributed by atoms with E-state index >= 15 is 0 Å². The molecule has 0 fully saturated rings. The second kappa shape index (κ2) is 6.71. The summed E-state index contributed by atoms with van der Waals surface area (Å²) in [4.78, 5) is 22.7. The molecule has 2 rings (SSSR count). The number of carbonyl (C=O) groups excluding carboxylic acids is 1. The Bertz CT molecular complexity index is 711. The van der Waals surface area contributed by atoms with Crippen LogP contribution in [-0.4, -0.2) is 18.0 Å². The number of carbonyl (C=O) groups is 1. The highest BCUT2D eigenvalue weighted by molar-refractivity contribution is 5.94. The zero-order valence-electron chi connectivity index (χ0n) is 12.2. The summed E-state index contributed by atoms with van der Waals surface area (Å²) in [6.45, 7) is 1.56. The number of aryl methyl sites for hydroxylation is 1. The lowest BCUT2D eigenvalue weighted by Crippen LogP contribution is -2.09. The quantitative estimate of drug-likeness (QED) is 0.481. The van der Waals surface area contributed by atoms with Crippen molar-refractivity contribution < 1.29 is 19.2 Å². The van der Waals surface area contributed by atoms with E-state index < -0.39 is 10.9 Å². The number of nitrogens with zero attached hydrogens (tertiary/aromatic N) is 1. The fourth-order valence-corrected chi connectivity index (χ4v) is 2.11. The van der Waals surface area contributed by atoms with Crippen LogP contribution in [-0.2, 0) is 11.3 Å². The van der Waals surface area contributed by atoms with E-state index in [-0.39, 0.29) is 17.9 Å². The van der Waals surface area contributed by atoms with E-state index in [9.17, 15) is 14.9 Å². The number of nitro groups is 1. The number of benzene rings is 2. The van der Waals surface area contributed by atoms with E-state index in [4.69, 9.17) is 9.47 Å². The Labute approximate surface area is 127 Å². The minimum absolute atomic E-state index is 0.0199. The fourth-order valence-electron chi connectivity index (χ4n) is 2.11. The molecule has 0 aliphatic rings. The van der Waals surface area contributed by atoms with Crippen LogP contribution in [0.15, 0.2) is 42.5 Å². The normalized spacial score (nSPS) is 10.1. The molecule has 2 aromatic carbocycles. The molecule has 0 amide bonds. The number of nitro benzene ring substituents is 1. The lowest BCUT2D eigenvalue weighted by molar-refractivity contribution is -0.385. The van der Waals surface area contributed by atoms with Gasteiger partial charge in [-0.05, 0) is 19.1 Å². The third kappa shape index (κ3) is 3.22. The van der Waals surface area contributed by atoms with Crippen LogP contribution in [0.2, 0.25) is 0 Å². The Kier molecular flexibility index (Phi) is 4.73. The highest BCUT2D eigenvalue weighted by atomic mass is 16.6. The molecule has 0 aromatic heterocycles. The van der Waals surface area contributed by atoms with Crippen LogP contribution in [0.5, 0.6) is 5.75 Å². The number of hydrogen-bond acceptors (Lipinski definition) is 5. The number of rotatable bonds is 5. The van der Waals surface area contributed by atoms with Gasteiger partial charge in [-0.2, -0.15) is 0 Å². The second-order valence-electron chi connectivity index (χ2n) is 4.62. The van der Waals surface area contributed by atoms with Gasteiger partial charge in [-0.15, -0.1) is 0 Å². The van der Waals surface area contributed by atoms with Crippen LogP contribution >= 0.6 is 0 Å². The average Bonchev–Trinajstić information content (AvgIpc) is 2.52. The van der Waals surface area contributed by atoms with E-state index in [1.807, 2.05) is 0 Å². The van der Waals surface area contributed by atoms with Gasteiger partial charge >= 0.3 is 5.97 Å². The Hall–Kier alpha value is -2.89. The molecule has 0 N–H and O–H groups in total. The number of esters is 1. The van der Waals surface area contributed by atoms with Crippen LogP contribution in [0.25, 0.3) is 0 Å². The molecule has 0 unspecified atom stereocenters. The Morgan fingerprint density at radius 3 is 2.59 bits per heavy atom. The van der Waals surface area contributed by atoms with Crippen molar-refractivity contribution in [1.29, 1.82) is 0 Å². The van der Waals surface area contributed by atoms with Crippen molar-refractivity contribution >= 4 is 11.7 Å². The third-order valence-corrected chi connectivity index (χ3v) is 3.19. The van der Waals surface area contributed by atoms with E-state index in [1.54, 1.807) is 43.3 Å². The standard InChI is InChI=1S/C16H15NO5/c1-11-6-5-8-13(15(11)17(19)20)16(18)22-10-12-7-3-4-9-14(12)21-2/h3-9H,10H2,1-2H3. The maximum atomic E-state index is 12.1. The Morgan fingerprint density at radius 2 is 1.91 bits per heavy atom. The van der Waals surface area contributed by atoms with Gasteiger partial charge in [0.25, 0.3) is 5.69 Å². The van der Waals surface area contributed by atoms with Crippen molar-refractivity contribution in [3.63, 3.8) is 0 Å². The molecule has 114 valence electrons. The molecule has 0 aliphatic carbocycles. The van der Waals surface area contributed by atoms with Gasteiger partial charge in [0.1, 0.15) is 17.9 Å². The van der Waals surface area contributed by atoms with E-state index in [0.29, 0.717) is 16.9 Å². The fraction of sp³-hybridized carbons (Fsp3) is 0.188. The predicted molar refractivity (Wildman–Crippen MR) is 79.9 cm³/mol. The van der Waals surface area contributed by atoms with Gasteiger partial charge in [0, 0.05) is 11.1 Å². The van der Waals surface area contributed by atoms with Crippen LogP contribution in [0.4, 0.5) is 5.69 Å². The summed E-state index contributed by atoms with van der Waals surface area (Å²) < 4.78 is 10.3. The molecule has 2 aromatic rings. The van der Waals surface area contributed by atoms with Crippen molar-refractivity contribution in [2.75, 3.05) is 7.11 Å². The van der Waals surface area contributed by atoms with Crippen LogP contribution in [0.1, 0.15) is 21.5 Å². The molecular formula is C16H15NO5. The van der Waals surface area contributed by atoms with Crippen LogP contribution < -0.4 is 4.74 Å². The molecule has 0 saturated carbocycles. The summed E-state index contributed by atoms with van der Waals surface area (Å²) in [5.74, 6) is -0.143. The summed E-state index contributed by atoms with van der Waals surface area (Å²) in [6, 6.07) is 11.7. The smallest absolute Gasteiger partial charge is 0.345 e. The van der Waals surface area contributed by atoms with Gasteiger partial charge in [-0.25, -0.2) is 4.79 Å². The Balaban J connectivity index is 2.20. The summed E-state index contributed by atoms with van der Waals surface area (Å²) >= 11 is 0. The highest BCUT2D eigenvalue weighted by Gasteiger charge is 2.23. The third-order valence-electron chi connectivity index (χ3n) is 3.19. The first-order valence-corrected chi connectivity index (χ1v) is 6.57. The first kappa shape index (κ1) is 15.5. The summed E-state index contributed by atoms with van der Waals surface area (Å²) in [7, 11) is 1.52. The molecular weight excluding hydrogens is 286 g/mol. The molecule has 0 aliphatic heterocycles. The first-order valence-electron chi connectivity index (χ1n) is 6.57. The van der Waals surface area contributed by atoms with Crippen molar-refractivity contribution in [1.82, 2.24) is 0 Å². The molecule has 0 bridgehead atoms. The van der Waals surface area contributed by atoms with E-state index in [1.165, 1.54) is 13.2 Å². The van der Waals surface area contributed by atoms with E-state index in [0.717, 1.165) is 0 Å². The van der Waals surface area contributed by atoms with Gasteiger partial charge in [0.2, 0.25) is 0 Å².